The summed E-state index contributed by atoms with van der Waals surface area (Å²) in [6, 6.07) is 2.84. The van der Waals surface area contributed by atoms with Crippen LogP contribution >= 0.6 is 23.5 Å². The zero-order valence-corrected chi connectivity index (χ0v) is 12.9. The van der Waals surface area contributed by atoms with Crippen LogP contribution in [-0.4, -0.2) is 11.2 Å². The minimum Gasteiger partial charge on any atom is -0.277 e. The van der Waals surface area contributed by atoms with Crippen molar-refractivity contribution in [3.05, 3.63) is 34.1 Å². The predicted octanol–water partition coefficient (Wildman–Crippen LogP) is 4.00. The van der Waals surface area contributed by atoms with Gasteiger partial charge in [0.25, 0.3) is 5.91 Å². The molecule has 0 aliphatic heterocycles. The van der Waals surface area contributed by atoms with E-state index in [0.29, 0.717) is 15.8 Å². The van der Waals surface area contributed by atoms with E-state index in [1.54, 1.807) is 6.92 Å². The van der Waals surface area contributed by atoms with Gasteiger partial charge in [0.05, 0.1) is 5.56 Å². The van der Waals surface area contributed by atoms with Crippen molar-refractivity contribution in [3.63, 3.8) is 0 Å². The van der Waals surface area contributed by atoms with Gasteiger partial charge in [-0.15, -0.1) is 0 Å². The van der Waals surface area contributed by atoms with Gasteiger partial charge in [0.15, 0.2) is 0 Å². The summed E-state index contributed by atoms with van der Waals surface area (Å²) in [5, 5.41) is 0.865. The van der Waals surface area contributed by atoms with Crippen molar-refractivity contribution >= 4 is 29.5 Å². The molecule has 2 N–H and O–H groups in total. The second-order valence-electron chi connectivity index (χ2n) is 5.02. The fourth-order valence-electron chi connectivity index (χ4n) is 2.30. The number of hydrogen-bond acceptors (Lipinski definition) is 3. The summed E-state index contributed by atoms with van der Waals surface area (Å²) in [7, 11) is 0. The van der Waals surface area contributed by atoms with Crippen molar-refractivity contribution in [1.29, 1.82) is 0 Å². The van der Waals surface area contributed by atoms with E-state index in [1.807, 2.05) is 0 Å². The Morgan fingerprint density at radius 1 is 1.35 bits per heavy atom. The largest absolute Gasteiger partial charge is 0.277 e. The van der Waals surface area contributed by atoms with Gasteiger partial charge in [0.1, 0.15) is 5.82 Å². The van der Waals surface area contributed by atoms with Gasteiger partial charge in [-0.25, -0.2) is 4.39 Å². The molecule has 1 aliphatic carbocycles. The summed E-state index contributed by atoms with van der Waals surface area (Å²) in [5.41, 5.74) is 2.84. The van der Waals surface area contributed by atoms with Crippen LogP contribution in [0.25, 0.3) is 0 Å². The van der Waals surface area contributed by atoms with E-state index in [9.17, 15) is 9.18 Å². The van der Waals surface area contributed by atoms with Crippen molar-refractivity contribution in [2.24, 2.45) is 0 Å². The zero-order valence-electron chi connectivity index (χ0n) is 11.3. The highest BCUT2D eigenvalue weighted by molar-refractivity contribution is 7.98. The maximum atomic E-state index is 13.9. The Balaban J connectivity index is 1.88. The molecule has 1 aromatic carbocycles. The number of carbonyl (C=O) groups excluding carboxylic acids is 1. The van der Waals surface area contributed by atoms with E-state index in [4.69, 9.17) is 11.6 Å². The van der Waals surface area contributed by atoms with Crippen molar-refractivity contribution in [3.8, 4) is 0 Å². The van der Waals surface area contributed by atoms with Gasteiger partial charge < -0.3 is 0 Å². The minimum absolute atomic E-state index is 0.0354. The summed E-state index contributed by atoms with van der Waals surface area (Å²) in [6.07, 6.45) is 6.05. The van der Waals surface area contributed by atoms with Crippen molar-refractivity contribution in [2.45, 2.75) is 44.3 Å². The lowest BCUT2D eigenvalue weighted by atomic mass is 10.0. The SMILES string of the molecule is Cc1cc(Cl)cc(C(=O)NNSC2CCCCC2)c1F. The third kappa shape index (κ3) is 4.11. The van der Waals surface area contributed by atoms with Crippen molar-refractivity contribution in [2.75, 3.05) is 0 Å². The molecule has 20 heavy (non-hydrogen) atoms. The highest BCUT2D eigenvalue weighted by Gasteiger charge is 2.17. The second kappa shape index (κ2) is 7.29. The fourth-order valence-corrected chi connectivity index (χ4v) is 3.46. The third-order valence-corrected chi connectivity index (χ3v) is 4.65. The summed E-state index contributed by atoms with van der Waals surface area (Å²) in [5.74, 6) is -1.03. The first-order chi connectivity index (χ1) is 9.58. The van der Waals surface area contributed by atoms with Gasteiger partial charge in [-0.1, -0.05) is 42.8 Å². The maximum absolute atomic E-state index is 13.9. The summed E-state index contributed by atoms with van der Waals surface area (Å²) in [6.45, 7) is 1.59. The fraction of sp³-hybridized carbons (Fsp3) is 0.500. The first kappa shape index (κ1) is 15.6. The van der Waals surface area contributed by atoms with Crippen LogP contribution in [0, 0.1) is 12.7 Å². The van der Waals surface area contributed by atoms with Gasteiger partial charge in [0.2, 0.25) is 0 Å². The number of nitrogens with one attached hydrogen (secondary N) is 2. The van der Waals surface area contributed by atoms with Crippen LogP contribution in [-0.2, 0) is 0 Å². The molecule has 6 heteroatoms. The number of hydrogen-bond donors (Lipinski definition) is 2. The molecule has 0 saturated heterocycles. The number of rotatable bonds is 4. The monoisotopic (exact) mass is 316 g/mol. The van der Waals surface area contributed by atoms with Crippen LogP contribution in [0.3, 0.4) is 0 Å². The highest BCUT2D eigenvalue weighted by atomic mass is 35.5. The number of aryl methyl sites for hydroxylation is 1. The van der Waals surface area contributed by atoms with E-state index in [0.717, 1.165) is 12.8 Å². The predicted molar refractivity (Wildman–Crippen MR) is 81.2 cm³/mol. The van der Waals surface area contributed by atoms with Gasteiger partial charge >= 0.3 is 0 Å². The Kier molecular flexibility index (Phi) is 5.69. The molecular formula is C14H18ClFN2OS. The Morgan fingerprint density at radius 2 is 2.05 bits per heavy atom. The van der Waals surface area contributed by atoms with Gasteiger partial charge in [-0.05, 0) is 37.5 Å². The average Bonchev–Trinajstić information content (AvgIpc) is 2.44. The molecule has 0 unspecified atom stereocenters. The molecular weight excluding hydrogens is 299 g/mol. The molecule has 1 aromatic rings. The molecule has 1 aliphatic rings. The smallest absolute Gasteiger partial charge is 0.269 e. The number of amides is 1. The summed E-state index contributed by atoms with van der Waals surface area (Å²) < 4.78 is 13.9. The molecule has 0 bridgehead atoms. The highest BCUT2D eigenvalue weighted by Crippen LogP contribution is 2.26. The molecule has 0 spiro atoms. The number of carbonyl (C=O) groups is 1. The van der Waals surface area contributed by atoms with Crippen molar-refractivity contribution in [1.82, 2.24) is 10.3 Å². The quantitative estimate of drug-likeness (QED) is 0.651. The molecule has 1 amide bonds. The van der Waals surface area contributed by atoms with Crippen LogP contribution in [0.5, 0.6) is 0 Å². The Hall–Kier alpha value is -0.780. The first-order valence-corrected chi connectivity index (χ1v) is 8.00. The molecule has 110 valence electrons. The van der Waals surface area contributed by atoms with Crippen LogP contribution in [0.4, 0.5) is 4.39 Å². The van der Waals surface area contributed by atoms with Gasteiger partial charge in [-0.2, -0.15) is 4.83 Å². The van der Waals surface area contributed by atoms with Crippen LogP contribution in [0.2, 0.25) is 5.02 Å². The Labute approximate surface area is 127 Å². The molecule has 1 fully saturated rings. The van der Waals surface area contributed by atoms with Crippen LogP contribution in [0.15, 0.2) is 12.1 Å². The van der Waals surface area contributed by atoms with E-state index < -0.39 is 11.7 Å². The lowest BCUT2D eigenvalue weighted by Gasteiger charge is -2.21. The molecule has 1 saturated carbocycles. The minimum atomic E-state index is -0.531. The third-order valence-electron chi connectivity index (χ3n) is 3.41. The first-order valence-electron chi connectivity index (χ1n) is 6.74. The number of benzene rings is 1. The van der Waals surface area contributed by atoms with Crippen LogP contribution < -0.4 is 10.3 Å². The normalized spacial score (nSPS) is 16.1. The Bertz CT molecular complexity index is 492. The summed E-state index contributed by atoms with van der Waals surface area (Å²) >= 11 is 7.35. The van der Waals surface area contributed by atoms with E-state index in [2.05, 4.69) is 10.3 Å². The molecule has 0 heterocycles. The second-order valence-corrected chi connectivity index (χ2v) is 6.56. The van der Waals surface area contributed by atoms with Crippen molar-refractivity contribution < 1.29 is 9.18 Å². The van der Waals surface area contributed by atoms with Gasteiger partial charge in [-0.3, -0.25) is 10.2 Å². The van der Waals surface area contributed by atoms with Gasteiger partial charge in [0, 0.05) is 10.3 Å². The molecule has 0 radical (unpaired) electrons. The lowest BCUT2D eigenvalue weighted by Crippen LogP contribution is -2.35. The molecule has 0 aromatic heterocycles. The Morgan fingerprint density at radius 3 is 2.75 bits per heavy atom. The molecule has 3 nitrogen and oxygen atoms in total. The number of halogens is 2. The molecule has 2 rings (SSSR count). The average molecular weight is 317 g/mol. The van der Waals surface area contributed by atoms with E-state index >= 15 is 0 Å². The van der Waals surface area contributed by atoms with Crippen LogP contribution in [0.1, 0.15) is 48.0 Å². The van der Waals surface area contributed by atoms with E-state index in [1.165, 1.54) is 43.3 Å². The summed E-state index contributed by atoms with van der Waals surface area (Å²) in [4.78, 5) is 14.8. The lowest BCUT2D eigenvalue weighted by molar-refractivity contribution is 0.0942. The number of hydrazine groups is 1. The topological polar surface area (TPSA) is 41.1 Å². The zero-order chi connectivity index (χ0) is 14.5. The molecule has 0 atom stereocenters. The standard InChI is InChI=1S/C14H18ClFN2OS/c1-9-7-10(15)8-12(13(9)16)14(19)17-18-20-11-5-3-2-4-6-11/h7-8,11,18H,2-6H2,1H3,(H,17,19). The van der Waals surface area contributed by atoms with E-state index in [-0.39, 0.29) is 5.56 Å². The maximum Gasteiger partial charge on any atom is 0.269 e.